The number of fused-ring (bicyclic) bond motifs is 1. The number of hydrogen-bond donors (Lipinski definition) is 1. The molecule has 32 heavy (non-hydrogen) atoms. The monoisotopic (exact) mass is 427 g/mol. The van der Waals surface area contributed by atoms with Gasteiger partial charge in [-0.05, 0) is 74.5 Å². The number of para-hydroxylation sites is 1. The molecule has 0 aliphatic rings. The summed E-state index contributed by atoms with van der Waals surface area (Å²) < 4.78 is 6.48. The molecule has 0 atom stereocenters. The van der Waals surface area contributed by atoms with Gasteiger partial charge in [-0.2, -0.15) is 0 Å². The molecule has 160 valence electrons. The van der Waals surface area contributed by atoms with Crippen molar-refractivity contribution < 1.29 is 14.3 Å². The molecule has 1 N–H and O–H groups in total. The number of carbonyl (C=O) groups is 2. The Morgan fingerprint density at radius 3 is 2.28 bits per heavy atom. The minimum Gasteiger partial charge on any atom is -0.462 e. The van der Waals surface area contributed by atoms with Crippen LogP contribution in [0, 0.1) is 6.92 Å². The Morgan fingerprint density at radius 1 is 0.938 bits per heavy atom. The molecule has 0 saturated carbocycles. The largest absolute Gasteiger partial charge is 0.462 e. The maximum absolute atomic E-state index is 12.9. The van der Waals surface area contributed by atoms with E-state index in [1.54, 1.807) is 80.6 Å². The van der Waals surface area contributed by atoms with Gasteiger partial charge in [0, 0.05) is 11.3 Å². The minimum absolute atomic E-state index is 0.160. The zero-order valence-corrected chi connectivity index (χ0v) is 17.7. The number of hydrogen-bond acceptors (Lipinski definition) is 5. The molecule has 0 aliphatic heterocycles. The van der Waals surface area contributed by atoms with Crippen LogP contribution in [0.3, 0.4) is 0 Å². The van der Waals surface area contributed by atoms with Crippen LogP contribution in [0.5, 0.6) is 0 Å². The van der Waals surface area contributed by atoms with Crippen LogP contribution in [-0.4, -0.2) is 28.0 Å². The topological polar surface area (TPSA) is 90.3 Å². The summed E-state index contributed by atoms with van der Waals surface area (Å²) in [6.45, 7) is 3.81. The van der Waals surface area contributed by atoms with E-state index >= 15 is 0 Å². The lowest BCUT2D eigenvalue weighted by molar-refractivity contribution is 0.0526. The minimum atomic E-state index is -0.408. The van der Waals surface area contributed by atoms with Crippen molar-refractivity contribution in [2.75, 3.05) is 11.9 Å². The third-order valence-electron chi connectivity index (χ3n) is 4.99. The highest BCUT2D eigenvalue weighted by molar-refractivity contribution is 6.04. The van der Waals surface area contributed by atoms with Gasteiger partial charge in [-0.25, -0.2) is 9.78 Å². The maximum atomic E-state index is 12.9. The van der Waals surface area contributed by atoms with Gasteiger partial charge in [0.25, 0.3) is 11.5 Å². The van der Waals surface area contributed by atoms with Crippen LogP contribution in [0.1, 0.15) is 33.5 Å². The normalized spacial score (nSPS) is 10.7. The molecule has 3 aromatic carbocycles. The van der Waals surface area contributed by atoms with Crippen LogP contribution < -0.4 is 10.9 Å². The lowest BCUT2D eigenvalue weighted by atomic mass is 10.1. The lowest BCUT2D eigenvalue weighted by Gasteiger charge is -2.12. The molecule has 1 aromatic heterocycles. The number of nitrogens with one attached hydrogen (secondary N) is 1. The molecule has 0 bridgehead atoms. The molecule has 7 nitrogen and oxygen atoms in total. The Hall–Kier alpha value is -4.26. The van der Waals surface area contributed by atoms with E-state index in [1.165, 1.54) is 4.57 Å². The molecule has 1 heterocycles. The van der Waals surface area contributed by atoms with Gasteiger partial charge < -0.3 is 10.1 Å². The zero-order chi connectivity index (χ0) is 22.7. The van der Waals surface area contributed by atoms with E-state index in [-0.39, 0.29) is 11.5 Å². The molecule has 0 spiro atoms. The molecule has 4 rings (SSSR count). The Bertz CT molecular complexity index is 1360. The van der Waals surface area contributed by atoms with Gasteiger partial charge in [0.05, 0.1) is 28.8 Å². The second-order valence-electron chi connectivity index (χ2n) is 7.12. The van der Waals surface area contributed by atoms with Crippen LogP contribution in [0.4, 0.5) is 5.69 Å². The molecule has 0 unspecified atom stereocenters. The average molecular weight is 427 g/mol. The molecular formula is C25H21N3O4. The van der Waals surface area contributed by atoms with E-state index in [1.807, 2.05) is 6.07 Å². The van der Waals surface area contributed by atoms with Gasteiger partial charge in [-0.1, -0.05) is 12.1 Å². The standard InChI is InChI=1S/C25H21N3O4/c1-3-32-25(31)18-8-12-19(13-9-18)27-23(29)17-10-14-20(15-11-17)28-16(2)26-22-7-5-4-6-21(22)24(28)30/h4-15H,3H2,1-2H3,(H,27,29). The predicted molar refractivity (Wildman–Crippen MR) is 122 cm³/mol. The lowest BCUT2D eigenvalue weighted by Crippen LogP contribution is -2.22. The molecule has 4 aromatic rings. The summed E-state index contributed by atoms with van der Waals surface area (Å²) >= 11 is 0. The van der Waals surface area contributed by atoms with Crippen molar-refractivity contribution in [2.45, 2.75) is 13.8 Å². The number of carbonyl (C=O) groups excluding carboxylic acids is 2. The summed E-state index contributed by atoms with van der Waals surface area (Å²) in [6, 6.07) is 20.4. The van der Waals surface area contributed by atoms with Crippen molar-refractivity contribution >= 4 is 28.5 Å². The Labute approximate surface area is 184 Å². The van der Waals surface area contributed by atoms with E-state index in [0.717, 1.165) is 0 Å². The first-order chi connectivity index (χ1) is 15.5. The summed E-state index contributed by atoms with van der Waals surface area (Å²) in [5, 5.41) is 3.32. The summed E-state index contributed by atoms with van der Waals surface area (Å²) in [4.78, 5) is 41.8. The second-order valence-corrected chi connectivity index (χ2v) is 7.12. The molecular weight excluding hydrogens is 406 g/mol. The number of ether oxygens (including phenoxy) is 1. The van der Waals surface area contributed by atoms with Gasteiger partial charge in [-0.3, -0.25) is 14.2 Å². The van der Waals surface area contributed by atoms with Gasteiger partial charge in [-0.15, -0.1) is 0 Å². The number of rotatable bonds is 5. The second kappa shape index (κ2) is 8.85. The fourth-order valence-electron chi connectivity index (χ4n) is 3.42. The third-order valence-corrected chi connectivity index (χ3v) is 4.99. The van der Waals surface area contributed by atoms with Crippen LogP contribution in [-0.2, 0) is 4.74 Å². The summed E-state index contributed by atoms with van der Waals surface area (Å²) in [5.41, 5.74) is 2.52. The molecule has 1 amide bonds. The van der Waals surface area contributed by atoms with Crippen LogP contribution in [0.25, 0.3) is 16.6 Å². The first kappa shape index (κ1) is 21.0. The van der Waals surface area contributed by atoms with Crippen molar-refractivity contribution in [2.24, 2.45) is 0 Å². The smallest absolute Gasteiger partial charge is 0.338 e. The highest BCUT2D eigenvalue weighted by Crippen LogP contribution is 2.16. The molecule has 0 aliphatic carbocycles. The molecule has 0 saturated heterocycles. The number of nitrogens with zero attached hydrogens (tertiary/aromatic N) is 2. The Morgan fingerprint density at radius 2 is 1.59 bits per heavy atom. The van der Waals surface area contributed by atoms with Crippen molar-refractivity contribution in [3.8, 4) is 5.69 Å². The van der Waals surface area contributed by atoms with E-state index in [4.69, 9.17) is 4.74 Å². The Kier molecular flexibility index (Phi) is 5.81. The number of amides is 1. The van der Waals surface area contributed by atoms with Crippen LogP contribution >= 0.6 is 0 Å². The highest BCUT2D eigenvalue weighted by Gasteiger charge is 2.12. The SMILES string of the molecule is CCOC(=O)c1ccc(NC(=O)c2ccc(-n3c(C)nc4ccccc4c3=O)cc2)cc1. The quantitative estimate of drug-likeness (QED) is 0.484. The van der Waals surface area contributed by atoms with Crippen LogP contribution in [0.2, 0.25) is 0 Å². The molecule has 7 heteroatoms. The molecule has 0 fully saturated rings. The zero-order valence-electron chi connectivity index (χ0n) is 17.7. The van der Waals surface area contributed by atoms with Gasteiger partial charge >= 0.3 is 5.97 Å². The van der Waals surface area contributed by atoms with E-state index < -0.39 is 5.97 Å². The van der Waals surface area contributed by atoms with Crippen molar-refractivity contribution in [1.29, 1.82) is 0 Å². The fraction of sp³-hybridized carbons (Fsp3) is 0.120. The Balaban J connectivity index is 1.54. The fourth-order valence-corrected chi connectivity index (χ4v) is 3.42. The summed E-state index contributed by atoms with van der Waals surface area (Å²) in [6.07, 6.45) is 0. The van der Waals surface area contributed by atoms with Crippen molar-refractivity contribution in [3.05, 3.63) is 100 Å². The van der Waals surface area contributed by atoms with E-state index in [2.05, 4.69) is 10.3 Å². The number of aryl methyl sites for hydroxylation is 1. The van der Waals surface area contributed by atoms with Crippen molar-refractivity contribution in [1.82, 2.24) is 9.55 Å². The average Bonchev–Trinajstić information content (AvgIpc) is 2.80. The van der Waals surface area contributed by atoms with Crippen LogP contribution in [0.15, 0.2) is 77.6 Å². The first-order valence-corrected chi connectivity index (χ1v) is 10.2. The van der Waals surface area contributed by atoms with Crippen molar-refractivity contribution in [3.63, 3.8) is 0 Å². The summed E-state index contributed by atoms with van der Waals surface area (Å²) in [5.74, 6) is -0.150. The van der Waals surface area contributed by atoms with E-state index in [0.29, 0.717) is 45.8 Å². The predicted octanol–water partition coefficient (Wildman–Crippen LogP) is 4.12. The third kappa shape index (κ3) is 4.13. The van der Waals surface area contributed by atoms with E-state index in [9.17, 15) is 14.4 Å². The van der Waals surface area contributed by atoms with Gasteiger partial charge in [0.1, 0.15) is 5.82 Å². The number of anilines is 1. The first-order valence-electron chi connectivity index (χ1n) is 10.2. The number of aromatic nitrogens is 2. The van der Waals surface area contributed by atoms with Gasteiger partial charge in [0.2, 0.25) is 0 Å². The summed E-state index contributed by atoms with van der Waals surface area (Å²) in [7, 11) is 0. The highest BCUT2D eigenvalue weighted by atomic mass is 16.5. The molecule has 0 radical (unpaired) electrons. The number of benzene rings is 3. The maximum Gasteiger partial charge on any atom is 0.338 e. The number of esters is 1. The van der Waals surface area contributed by atoms with Gasteiger partial charge in [0.15, 0.2) is 0 Å².